The van der Waals surface area contributed by atoms with E-state index in [-0.39, 0.29) is 16.9 Å². The van der Waals surface area contributed by atoms with Crippen LogP contribution in [0.3, 0.4) is 0 Å². The quantitative estimate of drug-likeness (QED) is 0.167. The summed E-state index contributed by atoms with van der Waals surface area (Å²) in [5.74, 6) is 8.40. The van der Waals surface area contributed by atoms with Gasteiger partial charge in [-0.1, -0.05) is 52.9 Å². The highest BCUT2D eigenvalue weighted by Gasteiger charge is 2.39. The van der Waals surface area contributed by atoms with Crippen molar-refractivity contribution in [3.05, 3.63) is 47.0 Å². The van der Waals surface area contributed by atoms with E-state index < -0.39 is 0 Å². The zero-order valence-corrected chi connectivity index (χ0v) is 22.3. The van der Waals surface area contributed by atoms with E-state index in [4.69, 9.17) is 4.74 Å². The molecule has 0 radical (unpaired) electrons. The molecule has 2 aromatic rings. The van der Waals surface area contributed by atoms with Gasteiger partial charge in [0.2, 0.25) is 0 Å². The standard InChI is InChI=1S/C29H38N2O2S/c1-7-9-10-11-14-34-27-16-26-24(28(3,4)20-29(5,6)33-26)15-22(27)12-13-23-17-31-25(18-30-23)21(8-2)19-32/h15-19,21H,7-11,14,20H2,1-6H3. The predicted octanol–water partition coefficient (Wildman–Crippen LogP) is 7.08. The monoisotopic (exact) mass is 478 g/mol. The number of hydrogen-bond donors (Lipinski definition) is 0. The van der Waals surface area contributed by atoms with Crippen LogP contribution in [-0.2, 0) is 10.2 Å². The molecule has 1 aromatic heterocycles. The molecule has 0 aliphatic carbocycles. The van der Waals surface area contributed by atoms with Crippen molar-refractivity contribution in [2.24, 2.45) is 0 Å². The summed E-state index contributed by atoms with van der Waals surface area (Å²) >= 11 is 1.86. The molecule has 4 nitrogen and oxygen atoms in total. The van der Waals surface area contributed by atoms with Gasteiger partial charge in [0, 0.05) is 16.0 Å². The van der Waals surface area contributed by atoms with Crippen LogP contribution in [0.15, 0.2) is 29.4 Å². The van der Waals surface area contributed by atoms with E-state index in [1.165, 1.54) is 31.2 Å². The number of aromatic nitrogens is 2. The number of unbranched alkanes of at least 4 members (excludes halogenated alkanes) is 3. The molecule has 2 heterocycles. The van der Waals surface area contributed by atoms with E-state index in [0.29, 0.717) is 17.8 Å². The molecule has 182 valence electrons. The van der Waals surface area contributed by atoms with Gasteiger partial charge < -0.3 is 9.53 Å². The van der Waals surface area contributed by atoms with Gasteiger partial charge in [-0.2, -0.15) is 0 Å². The van der Waals surface area contributed by atoms with Crippen LogP contribution >= 0.6 is 11.8 Å². The largest absolute Gasteiger partial charge is 0.487 e. The SMILES string of the molecule is CCCCCCSc1cc2c(cc1C#Cc1cnc(C(C=O)CC)cn1)C(C)(C)CC(C)(C)O2. The molecule has 1 aliphatic rings. The topological polar surface area (TPSA) is 52.1 Å². The van der Waals surface area contributed by atoms with Gasteiger partial charge in [0.15, 0.2) is 0 Å². The van der Waals surface area contributed by atoms with Crippen molar-refractivity contribution in [3.63, 3.8) is 0 Å². The summed E-state index contributed by atoms with van der Waals surface area (Å²) in [5, 5.41) is 0. The van der Waals surface area contributed by atoms with Crippen LogP contribution < -0.4 is 4.74 Å². The first-order valence-corrected chi connectivity index (χ1v) is 13.5. The van der Waals surface area contributed by atoms with E-state index in [1.807, 2.05) is 18.7 Å². The number of carbonyl (C=O) groups is 1. The average molecular weight is 479 g/mol. The molecule has 0 N–H and O–H groups in total. The molecule has 0 amide bonds. The average Bonchev–Trinajstić information content (AvgIpc) is 2.78. The number of carbonyl (C=O) groups excluding carboxylic acids is 1. The number of aldehydes is 1. The minimum atomic E-state index is -0.211. The van der Waals surface area contributed by atoms with Crippen LogP contribution in [-0.4, -0.2) is 27.6 Å². The Morgan fingerprint density at radius 1 is 1.09 bits per heavy atom. The number of fused-ring (bicyclic) bond motifs is 1. The number of hydrogen-bond acceptors (Lipinski definition) is 5. The summed E-state index contributed by atoms with van der Waals surface area (Å²) in [6.07, 6.45) is 10.9. The van der Waals surface area contributed by atoms with Crippen LogP contribution in [0.4, 0.5) is 0 Å². The fourth-order valence-corrected chi connectivity index (χ4v) is 5.72. The summed E-state index contributed by atoms with van der Waals surface area (Å²) in [4.78, 5) is 21.2. The van der Waals surface area contributed by atoms with Crippen molar-refractivity contribution in [1.82, 2.24) is 9.97 Å². The van der Waals surface area contributed by atoms with Crippen LogP contribution in [0.1, 0.15) is 109 Å². The van der Waals surface area contributed by atoms with Gasteiger partial charge in [0.1, 0.15) is 23.3 Å². The molecular weight excluding hydrogens is 440 g/mol. The number of nitrogens with zero attached hydrogens (tertiary/aromatic N) is 2. The maximum atomic E-state index is 11.2. The molecule has 0 bridgehead atoms. The lowest BCUT2D eigenvalue weighted by atomic mass is 9.73. The van der Waals surface area contributed by atoms with Gasteiger partial charge in [-0.25, -0.2) is 4.98 Å². The zero-order chi connectivity index (χ0) is 24.8. The minimum Gasteiger partial charge on any atom is -0.487 e. The molecule has 3 rings (SSSR count). The molecule has 0 saturated heterocycles. The maximum absolute atomic E-state index is 11.2. The lowest BCUT2D eigenvalue weighted by molar-refractivity contribution is -0.109. The highest BCUT2D eigenvalue weighted by Crippen LogP contribution is 2.46. The Morgan fingerprint density at radius 2 is 1.88 bits per heavy atom. The fourth-order valence-electron chi connectivity index (χ4n) is 4.70. The third-order valence-corrected chi connectivity index (χ3v) is 7.44. The Kier molecular flexibility index (Phi) is 8.82. The maximum Gasteiger partial charge on any atom is 0.131 e. The smallest absolute Gasteiger partial charge is 0.131 e. The van der Waals surface area contributed by atoms with Crippen LogP contribution in [0, 0.1) is 11.8 Å². The second kappa shape index (κ2) is 11.4. The van der Waals surface area contributed by atoms with Gasteiger partial charge >= 0.3 is 0 Å². The molecule has 34 heavy (non-hydrogen) atoms. The van der Waals surface area contributed by atoms with E-state index in [9.17, 15) is 4.79 Å². The highest BCUT2D eigenvalue weighted by molar-refractivity contribution is 7.99. The first kappa shape index (κ1) is 26.3. The van der Waals surface area contributed by atoms with Crippen molar-refractivity contribution in [3.8, 4) is 17.6 Å². The van der Waals surface area contributed by atoms with Gasteiger partial charge in [-0.05, 0) is 62.3 Å². The first-order chi connectivity index (χ1) is 16.2. The molecule has 5 heteroatoms. The molecule has 1 aromatic carbocycles. The third-order valence-electron chi connectivity index (χ3n) is 6.30. The van der Waals surface area contributed by atoms with Crippen molar-refractivity contribution >= 4 is 18.0 Å². The molecule has 0 fully saturated rings. The Bertz CT molecular complexity index is 1050. The fraction of sp³-hybridized carbons (Fsp3) is 0.552. The van der Waals surface area contributed by atoms with E-state index >= 15 is 0 Å². The Labute approximate surface area is 209 Å². The third kappa shape index (κ3) is 6.63. The second-order valence-electron chi connectivity index (χ2n) is 10.4. The molecular formula is C29H38N2O2S. The molecule has 1 unspecified atom stereocenters. The molecule has 0 spiro atoms. The number of benzene rings is 1. The van der Waals surface area contributed by atoms with Crippen molar-refractivity contribution in [2.45, 2.75) is 102 Å². The van der Waals surface area contributed by atoms with E-state index in [0.717, 1.165) is 34.7 Å². The summed E-state index contributed by atoms with van der Waals surface area (Å²) in [5.41, 5.74) is 3.34. The number of thioether (sulfide) groups is 1. The summed E-state index contributed by atoms with van der Waals surface area (Å²) in [6.45, 7) is 13.1. The van der Waals surface area contributed by atoms with Gasteiger partial charge in [-0.3, -0.25) is 4.98 Å². The molecule has 1 atom stereocenters. The Hall–Kier alpha value is -2.32. The molecule has 0 saturated carbocycles. The lowest BCUT2D eigenvalue weighted by Crippen LogP contribution is -2.41. The van der Waals surface area contributed by atoms with E-state index in [1.54, 1.807) is 12.4 Å². The summed E-state index contributed by atoms with van der Waals surface area (Å²) < 4.78 is 6.40. The first-order valence-electron chi connectivity index (χ1n) is 12.5. The minimum absolute atomic E-state index is 0.00326. The summed E-state index contributed by atoms with van der Waals surface area (Å²) in [6, 6.07) is 4.41. The second-order valence-corrected chi connectivity index (χ2v) is 11.5. The number of ether oxygens (including phenoxy) is 1. The van der Waals surface area contributed by atoms with Gasteiger partial charge in [0.25, 0.3) is 0 Å². The van der Waals surface area contributed by atoms with Crippen LogP contribution in [0.25, 0.3) is 0 Å². The number of rotatable bonds is 9. The van der Waals surface area contributed by atoms with E-state index in [2.05, 4.69) is 68.6 Å². The predicted molar refractivity (Wildman–Crippen MR) is 141 cm³/mol. The van der Waals surface area contributed by atoms with Crippen molar-refractivity contribution in [2.75, 3.05) is 5.75 Å². The van der Waals surface area contributed by atoms with Gasteiger partial charge in [0.05, 0.1) is 24.0 Å². The van der Waals surface area contributed by atoms with Crippen molar-refractivity contribution < 1.29 is 9.53 Å². The summed E-state index contributed by atoms with van der Waals surface area (Å²) in [7, 11) is 0. The highest BCUT2D eigenvalue weighted by atomic mass is 32.2. The zero-order valence-electron chi connectivity index (χ0n) is 21.5. The van der Waals surface area contributed by atoms with Gasteiger partial charge in [-0.15, -0.1) is 11.8 Å². The Balaban J connectivity index is 1.93. The Morgan fingerprint density at radius 3 is 2.53 bits per heavy atom. The van der Waals surface area contributed by atoms with Crippen LogP contribution in [0.5, 0.6) is 5.75 Å². The lowest BCUT2D eigenvalue weighted by Gasteiger charge is -2.42. The van der Waals surface area contributed by atoms with Crippen LogP contribution in [0.2, 0.25) is 0 Å². The molecule has 1 aliphatic heterocycles. The van der Waals surface area contributed by atoms with Crippen molar-refractivity contribution in [1.29, 1.82) is 0 Å². The normalized spacial score (nSPS) is 16.5.